The van der Waals surface area contributed by atoms with Crippen molar-refractivity contribution in [1.29, 1.82) is 0 Å². The van der Waals surface area contributed by atoms with Gasteiger partial charge in [-0.25, -0.2) is 9.36 Å². The average Bonchev–Trinajstić information content (AvgIpc) is 3.02. The maximum atomic E-state index is 12.7. The van der Waals surface area contributed by atoms with E-state index >= 15 is 0 Å². The summed E-state index contributed by atoms with van der Waals surface area (Å²) in [6, 6.07) is 7.68. The Bertz CT molecular complexity index is 1090. The Morgan fingerprint density at radius 2 is 2.00 bits per heavy atom. The van der Waals surface area contributed by atoms with Gasteiger partial charge in [-0.1, -0.05) is 15.9 Å². The number of benzene rings is 1. The molecular formula is C15H12BrN5O. The lowest BCUT2D eigenvalue weighted by atomic mass is 10.2. The molecule has 0 aliphatic rings. The number of aryl methyl sites for hydroxylation is 2. The Morgan fingerprint density at radius 1 is 1.18 bits per heavy atom. The molecule has 1 aromatic carbocycles. The van der Waals surface area contributed by atoms with Crippen molar-refractivity contribution < 1.29 is 0 Å². The molecule has 0 N–H and O–H groups in total. The van der Waals surface area contributed by atoms with Gasteiger partial charge >= 0.3 is 5.69 Å². The van der Waals surface area contributed by atoms with Crippen molar-refractivity contribution in [1.82, 2.24) is 23.9 Å². The summed E-state index contributed by atoms with van der Waals surface area (Å²) < 4.78 is 5.92. The summed E-state index contributed by atoms with van der Waals surface area (Å²) in [5.41, 5.74) is 2.35. The van der Waals surface area contributed by atoms with Gasteiger partial charge < -0.3 is 0 Å². The van der Waals surface area contributed by atoms with Crippen LogP contribution in [0, 0.1) is 0 Å². The molecule has 0 amide bonds. The highest BCUT2D eigenvalue weighted by atomic mass is 79.9. The molecule has 3 heterocycles. The smallest absolute Gasteiger partial charge is 0.293 e. The van der Waals surface area contributed by atoms with Crippen molar-refractivity contribution in [3.63, 3.8) is 0 Å². The van der Waals surface area contributed by atoms with Crippen LogP contribution < -0.4 is 5.69 Å². The van der Waals surface area contributed by atoms with Crippen molar-refractivity contribution in [2.45, 2.75) is 0 Å². The first-order valence-electron chi connectivity index (χ1n) is 6.72. The van der Waals surface area contributed by atoms with Crippen LogP contribution in [0.15, 0.2) is 45.9 Å². The molecule has 0 fully saturated rings. The molecule has 0 unspecified atom stereocenters. The largest absolute Gasteiger partial charge is 0.334 e. The van der Waals surface area contributed by atoms with Gasteiger partial charge in [-0.2, -0.15) is 5.10 Å². The molecule has 4 rings (SSSR count). The van der Waals surface area contributed by atoms with E-state index < -0.39 is 0 Å². The highest BCUT2D eigenvalue weighted by Gasteiger charge is 2.17. The minimum absolute atomic E-state index is 0.118. The summed E-state index contributed by atoms with van der Waals surface area (Å²) in [5.74, 6) is 0.725. The second kappa shape index (κ2) is 4.54. The lowest BCUT2D eigenvalue weighted by molar-refractivity contribution is 0.717. The Balaban J connectivity index is 2.30. The molecule has 0 atom stereocenters. The van der Waals surface area contributed by atoms with Gasteiger partial charge in [0.15, 0.2) is 0 Å². The third-order valence-corrected chi connectivity index (χ3v) is 4.36. The predicted octanol–water partition coefficient (Wildman–Crippen LogP) is 2.37. The molecule has 6 nitrogen and oxygen atoms in total. The fourth-order valence-corrected chi connectivity index (χ4v) is 3.13. The Hall–Kier alpha value is -2.41. The molecule has 0 saturated carbocycles. The van der Waals surface area contributed by atoms with E-state index in [1.807, 2.05) is 31.3 Å². The third kappa shape index (κ3) is 1.69. The second-order valence-electron chi connectivity index (χ2n) is 5.14. The summed E-state index contributed by atoms with van der Waals surface area (Å²) in [6.07, 6.45) is 3.42. The first-order chi connectivity index (χ1) is 10.6. The zero-order valence-electron chi connectivity index (χ0n) is 12.0. The van der Waals surface area contributed by atoms with Gasteiger partial charge in [-0.15, -0.1) is 0 Å². The number of imidazole rings is 1. The summed E-state index contributed by atoms with van der Waals surface area (Å²) >= 11 is 3.49. The molecule has 0 aliphatic heterocycles. The normalized spacial score (nSPS) is 11.6. The maximum absolute atomic E-state index is 12.7. The SMILES string of the molecule is Cn1nccc1-n1c(=O)n(C)c2cnc3ccc(Br)cc3c21. The number of pyridine rings is 1. The van der Waals surface area contributed by atoms with Crippen LogP contribution in [0.4, 0.5) is 0 Å². The monoisotopic (exact) mass is 357 g/mol. The van der Waals surface area contributed by atoms with Gasteiger partial charge in [0.1, 0.15) is 5.82 Å². The number of aromatic nitrogens is 5. The van der Waals surface area contributed by atoms with E-state index in [0.29, 0.717) is 0 Å². The highest BCUT2D eigenvalue weighted by Crippen LogP contribution is 2.27. The van der Waals surface area contributed by atoms with E-state index in [1.54, 1.807) is 33.3 Å². The molecular weight excluding hydrogens is 346 g/mol. The van der Waals surface area contributed by atoms with Gasteiger partial charge in [0.25, 0.3) is 0 Å². The molecule has 7 heteroatoms. The summed E-state index contributed by atoms with van der Waals surface area (Å²) in [6.45, 7) is 0. The topological polar surface area (TPSA) is 57.6 Å². The molecule has 0 aliphatic carbocycles. The quantitative estimate of drug-likeness (QED) is 0.525. The minimum atomic E-state index is -0.118. The van der Waals surface area contributed by atoms with Crippen LogP contribution in [-0.2, 0) is 14.1 Å². The summed E-state index contributed by atoms with van der Waals surface area (Å²) in [5, 5.41) is 5.09. The number of hydrogen-bond donors (Lipinski definition) is 0. The number of nitrogens with zero attached hydrogens (tertiary/aromatic N) is 5. The second-order valence-corrected chi connectivity index (χ2v) is 6.06. The lowest BCUT2D eigenvalue weighted by Crippen LogP contribution is -2.22. The zero-order chi connectivity index (χ0) is 15.4. The van der Waals surface area contributed by atoms with Crippen LogP contribution in [0.5, 0.6) is 0 Å². The Morgan fingerprint density at radius 3 is 2.73 bits per heavy atom. The fraction of sp³-hybridized carbons (Fsp3) is 0.133. The molecule has 110 valence electrons. The van der Waals surface area contributed by atoms with Gasteiger partial charge in [-0.3, -0.25) is 14.2 Å². The Labute approximate surface area is 133 Å². The first kappa shape index (κ1) is 13.3. The van der Waals surface area contributed by atoms with Gasteiger partial charge in [0, 0.05) is 30.0 Å². The van der Waals surface area contributed by atoms with Crippen LogP contribution in [-0.4, -0.2) is 23.9 Å². The van der Waals surface area contributed by atoms with Gasteiger partial charge in [0.05, 0.1) is 28.9 Å². The van der Waals surface area contributed by atoms with E-state index in [-0.39, 0.29) is 5.69 Å². The van der Waals surface area contributed by atoms with Gasteiger partial charge in [0.2, 0.25) is 0 Å². The van der Waals surface area contributed by atoms with Crippen LogP contribution in [0.1, 0.15) is 0 Å². The van der Waals surface area contributed by atoms with Crippen molar-refractivity contribution in [3.8, 4) is 5.82 Å². The van der Waals surface area contributed by atoms with E-state index in [0.717, 1.165) is 32.2 Å². The third-order valence-electron chi connectivity index (χ3n) is 3.87. The van der Waals surface area contributed by atoms with Crippen LogP contribution in [0.2, 0.25) is 0 Å². The van der Waals surface area contributed by atoms with E-state index in [9.17, 15) is 4.79 Å². The average molecular weight is 358 g/mol. The molecule has 3 aromatic heterocycles. The van der Waals surface area contributed by atoms with Crippen molar-refractivity contribution in [2.24, 2.45) is 14.1 Å². The number of hydrogen-bond acceptors (Lipinski definition) is 3. The standard InChI is InChI=1S/C15H12BrN5O/c1-19-12-8-17-11-4-3-9(16)7-10(11)14(12)21(15(19)22)13-5-6-18-20(13)2/h3-8H,1-2H3. The minimum Gasteiger partial charge on any atom is -0.293 e. The molecule has 0 bridgehead atoms. The molecule has 22 heavy (non-hydrogen) atoms. The predicted molar refractivity (Wildman–Crippen MR) is 88.3 cm³/mol. The zero-order valence-corrected chi connectivity index (χ0v) is 13.6. The van der Waals surface area contributed by atoms with Crippen LogP contribution in [0.3, 0.4) is 0 Å². The summed E-state index contributed by atoms with van der Waals surface area (Å²) in [7, 11) is 3.57. The van der Waals surface area contributed by atoms with E-state index in [4.69, 9.17) is 0 Å². The molecule has 0 radical (unpaired) electrons. The van der Waals surface area contributed by atoms with Crippen LogP contribution in [0.25, 0.3) is 27.8 Å². The van der Waals surface area contributed by atoms with E-state index in [2.05, 4.69) is 26.0 Å². The molecule has 4 aromatic rings. The van der Waals surface area contributed by atoms with Crippen molar-refractivity contribution in [3.05, 3.63) is 51.6 Å². The fourth-order valence-electron chi connectivity index (χ4n) is 2.77. The summed E-state index contributed by atoms with van der Waals surface area (Å²) in [4.78, 5) is 17.2. The molecule has 0 spiro atoms. The number of rotatable bonds is 1. The van der Waals surface area contributed by atoms with Crippen molar-refractivity contribution in [2.75, 3.05) is 0 Å². The van der Waals surface area contributed by atoms with Crippen LogP contribution >= 0.6 is 15.9 Å². The van der Waals surface area contributed by atoms with E-state index in [1.165, 1.54) is 0 Å². The number of fused-ring (bicyclic) bond motifs is 3. The maximum Gasteiger partial charge on any atom is 0.334 e. The highest BCUT2D eigenvalue weighted by molar-refractivity contribution is 9.10. The van der Waals surface area contributed by atoms with Crippen molar-refractivity contribution >= 4 is 37.9 Å². The lowest BCUT2D eigenvalue weighted by Gasteiger charge is -2.06. The van der Waals surface area contributed by atoms with Gasteiger partial charge in [-0.05, 0) is 18.2 Å². The first-order valence-corrected chi connectivity index (χ1v) is 7.51. The number of halogens is 1. The molecule has 0 saturated heterocycles. The Kier molecular flexibility index (Phi) is 2.74.